The maximum atomic E-state index is 13.4. The summed E-state index contributed by atoms with van der Waals surface area (Å²) in [5, 5.41) is 4.27. The third-order valence-corrected chi connectivity index (χ3v) is 4.35. The second kappa shape index (κ2) is 6.79. The fourth-order valence-corrected chi connectivity index (χ4v) is 3.19. The van der Waals surface area contributed by atoms with Gasteiger partial charge in [0.15, 0.2) is 5.65 Å². The van der Waals surface area contributed by atoms with E-state index in [0.29, 0.717) is 11.4 Å². The van der Waals surface area contributed by atoms with Crippen LogP contribution < -0.4 is 5.56 Å². The summed E-state index contributed by atoms with van der Waals surface area (Å²) in [6.07, 6.45) is -4.43. The van der Waals surface area contributed by atoms with E-state index in [2.05, 4.69) is 15.1 Å². The number of aryl methyl sites for hydroxylation is 1. The Labute approximate surface area is 152 Å². The van der Waals surface area contributed by atoms with Crippen LogP contribution in [0.3, 0.4) is 0 Å². The Bertz CT molecular complexity index is 1020. The molecule has 1 unspecified atom stereocenters. The molecule has 0 aliphatic rings. The number of alkyl halides is 4. The molecule has 0 aliphatic heterocycles. The SMILES string of the molecule is Cc1nc2c(c(CF)nn2C(c2ccc(C(F)(F)F)cc2)C(C)C)c(=O)[nH]1. The van der Waals surface area contributed by atoms with Crippen LogP contribution in [-0.2, 0) is 12.9 Å². The first kappa shape index (κ1) is 19.1. The van der Waals surface area contributed by atoms with E-state index in [1.165, 1.54) is 16.8 Å². The normalized spacial score (nSPS) is 13.5. The molecule has 2 heterocycles. The van der Waals surface area contributed by atoms with E-state index in [-0.39, 0.29) is 22.6 Å². The molecule has 9 heteroatoms. The molecule has 5 nitrogen and oxygen atoms in total. The highest BCUT2D eigenvalue weighted by Crippen LogP contribution is 2.33. The number of aromatic nitrogens is 4. The van der Waals surface area contributed by atoms with Gasteiger partial charge in [-0.2, -0.15) is 18.3 Å². The van der Waals surface area contributed by atoms with Crippen LogP contribution in [0, 0.1) is 12.8 Å². The molecule has 1 atom stereocenters. The molecular weight excluding hydrogens is 364 g/mol. The van der Waals surface area contributed by atoms with Gasteiger partial charge in [0.1, 0.15) is 23.6 Å². The second-order valence-corrected chi connectivity index (χ2v) is 6.68. The topological polar surface area (TPSA) is 63.6 Å². The molecule has 0 bridgehead atoms. The first-order valence-electron chi connectivity index (χ1n) is 8.34. The highest BCUT2D eigenvalue weighted by Gasteiger charge is 2.31. The van der Waals surface area contributed by atoms with Crippen LogP contribution in [0.4, 0.5) is 17.6 Å². The zero-order valence-electron chi connectivity index (χ0n) is 14.9. The van der Waals surface area contributed by atoms with Crippen LogP contribution in [0.25, 0.3) is 11.0 Å². The van der Waals surface area contributed by atoms with Gasteiger partial charge in [0.2, 0.25) is 0 Å². The summed E-state index contributed by atoms with van der Waals surface area (Å²) in [5.41, 5.74) is -0.522. The van der Waals surface area contributed by atoms with Crippen molar-refractivity contribution < 1.29 is 17.6 Å². The number of nitrogens with one attached hydrogen (secondary N) is 1. The number of fused-ring (bicyclic) bond motifs is 1. The summed E-state index contributed by atoms with van der Waals surface area (Å²) in [4.78, 5) is 19.0. The molecule has 2 aromatic heterocycles. The molecule has 1 aromatic carbocycles. The quantitative estimate of drug-likeness (QED) is 0.689. The highest BCUT2D eigenvalue weighted by atomic mass is 19.4. The maximum Gasteiger partial charge on any atom is 0.416 e. The Balaban J connectivity index is 2.21. The number of hydrogen-bond acceptors (Lipinski definition) is 3. The van der Waals surface area contributed by atoms with Crippen LogP contribution in [0.15, 0.2) is 29.1 Å². The number of rotatable bonds is 4. The van der Waals surface area contributed by atoms with Gasteiger partial charge in [0, 0.05) is 0 Å². The van der Waals surface area contributed by atoms with E-state index >= 15 is 0 Å². The Kier molecular flexibility index (Phi) is 4.79. The lowest BCUT2D eigenvalue weighted by Crippen LogP contribution is -2.20. The average molecular weight is 382 g/mol. The molecule has 0 saturated heterocycles. The summed E-state index contributed by atoms with van der Waals surface area (Å²) in [6, 6.07) is 4.23. The molecule has 0 aliphatic carbocycles. The van der Waals surface area contributed by atoms with Crippen molar-refractivity contribution >= 4 is 11.0 Å². The van der Waals surface area contributed by atoms with Crippen molar-refractivity contribution in [3.63, 3.8) is 0 Å². The summed E-state index contributed by atoms with van der Waals surface area (Å²) >= 11 is 0. The van der Waals surface area contributed by atoms with Crippen LogP contribution in [-0.4, -0.2) is 19.7 Å². The Hall–Kier alpha value is -2.71. The third-order valence-electron chi connectivity index (χ3n) is 4.35. The molecular formula is C18H18F4N4O. The molecule has 0 amide bonds. The standard InChI is InChI=1S/C18H18F4N4O/c1-9(2)15(11-4-6-12(7-5-11)18(20,21)22)26-16-14(13(8-19)25-26)17(27)24-10(3)23-16/h4-7,9,15H,8H2,1-3H3,(H,23,24,27). The summed E-state index contributed by atoms with van der Waals surface area (Å²) in [6.45, 7) is 4.38. The highest BCUT2D eigenvalue weighted by molar-refractivity contribution is 5.77. The second-order valence-electron chi connectivity index (χ2n) is 6.68. The van der Waals surface area contributed by atoms with E-state index in [1.54, 1.807) is 6.92 Å². The Morgan fingerprint density at radius 3 is 2.33 bits per heavy atom. The summed E-state index contributed by atoms with van der Waals surface area (Å²) in [5.74, 6) is 0.243. The van der Waals surface area contributed by atoms with Crippen LogP contribution in [0.2, 0.25) is 0 Å². The fraction of sp³-hybridized carbons (Fsp3) is 0.389. The van der Waals surface area contributed by atoms with Gasteiger partial charge in [-0.05, 0) is 30.5 Å². The number of nitrogens with zero attached hydrogens (tertiary/aromatic N) is 3. The molecule has 3 aromatic rings. The predicted molar refractivity (Wildman–Crippen MR) is 92.1 cm³/mol. The van der Waals surface area contributed by atoms with E-state index in [4.69, 9.17) is 0 Å². The molecule has 3 rings (SSSR count). The molecule has 0 radical (unpaired) electrons. The monoisotopic (exact) mass is 382 g/mol. The van der Waals surface area contributed by atoms with Gasteiger partial charge < -0.3 is 4.98 Å². The van der Waals surface area contributed by atoms with E-state index in [1.807, 2.05) is 13.8 Å². The van der Waals surface area contributed by atoms with Gasteiger partial charge in [0.05, 0.1) is 11.6 Å². The average Bonchev–Trinajstić information content (AvgIpc) is 2.93. The van der Waals surface area contributed by atoms with Crippen LogP contribution >= 0.6 is 0 Å². The number of hydrogen-bond donors (Lipinski definition) is 1. The smallest absolute Gasteiger partial charge is 0.310 e. The van der Waals surface area contributed by atoms with Crippen molar-refractivity contribution in [1.82, 2.24) is 19.7 Å². The number of aromatic amines is 1. The molecule has 1 N–H and O–H groups in total. The molecule has 144 valence electrons. The fourth-order valence-electron chi connectivity index (χ4n) is 3.19. The minimum atomic E-state index is -4.43. The molecule has 0 saturated carbocycles. The van der Waals surface area contributed by atoms with Gasteiger partial charge in [-0.3, -0.25) is 4.79 Å². The lowest BCUT2D eigenvalue weighted by Gasteiger charge is -2.23. The van der Waals surface area contributed by atoms with Gasteiger partial charge >= 0.3 is 6.18 Å². The molecule has 0 fully saturated rings. The largest absolute Gasteiger partial charge is 0.416 e. The van der Waals surface area contributed by atoms with Gasteiger partial charge in [0.25, 0.3) is 5.56 Å². The van der Waals surface area contributed by atoms with Gasteiger partial charge in [-0.1, -0.05) is 26.0 Å². The Morgan fingerprint density at radius 2 is 1.81 bits per heavy atom. The zero-order valence-corrected chi connectivity index (χ0v) is 14.9. The van der Waals surface area contributed by atoms with Crippen molar-refractivity contribution in [1.29, 1.82) is 0 Å². The van der Waals surface area contributed by atoms with Crippen molar-refractivity contribution in [2.45, 2.75) is 39.7 Å². The predicted octanol–water partition coefficient (Wildman–Crippen LogP) is 4.16. The lowest BCUT2D eigenvalue weighted by molar-refractivity contribution is -0.137. The number of halogens is 4. The zero-order chi connectivity index (χ0) is 19.9. The van der Waals surface area contributed by atoms with Gasteiger partial charge in [-0.15, -0.1) is 0 Å². The maximum absolute atomic E-state index is 13.4. The third kappa shape index (κ3) is 3.45. The van der Waals surface area contributed by atoms with E-state index in [0.717, 1.165) is 12.1 Å². The first-order chi connectivity index (χ1) is 12.6. The van der Waals surface area contributed by atoms with Crippen molar-refractivity contribution in [3.05, 3.63) is 57.3 Å². The number of benzene rings is 1. The van der Waals surface area contributed by atoms with Crippen LogP contribution in [0.5, 0.6) is 0 Å². The summed E-state index contributed by atoms with van der Waals surface area (Å²) < 4.78 is 53.4. The molecule has 0 spiro atoms. The molecule has 27 heavy (non-hydrogen) atoms. The van der Waals surface area contributed by atoms with E-state index in [9.17, 15) is 22.4 Å². The minimum Gasteiger partial charge on any atom is -0.310 e. The minimum absolute atomic E-state index is 0.0451. The number of H-pyrrole nitrogens is 1. The van der Waals surface area contributed by atoms with E-state index < -0.39 is 30.0 Å². The Morgan fingerprint density at radius 1 is 1.19 bits per heavy atom. The van der Waals surface area contributed by atoms with Gasteiger partial charge in [-0.25, -0.2) is 14.1 Å². The van der Waals surface area contributed by atoms with Crippen molar-refractivity contribution in [2.24, 2.45) is 5.92 Å². The van der Waals surface area contributed by atoms with Crippen LogP contribution in [0.1, 0.15) is 42.5 Å². The van der Waals surface area contributed by atoms with Crippen molar-refractivity contribution in [3.8, 4) is 0 Å². The lowest BCUT2D eigenvalue weighted by atomic mass is 9.95. The first-order valence-corrected chi connectivity index (χ1v) is 8.34. The van der Waals surface area contributed by atoms with Crippen molar-refractivity contribution in [2.75, 3.05) is 0 Å². The summed E-state index contributed by atoms with van der Waals surface area (Å²) in [7, 11) is 0.